The number of nitro groups is 1. The van der Waals surface area contributed by atoms with Crippen molar-refractivity contribution in [3.05, 3.63) is 90.6 Å². The number of nitrogens with zero attached hydrogens (tertiary/aromatic N) is 3. The summed E-state index contributed by atoms with van der Waals surface area (Å²) in [6, 6.07) is 14.6. The number of non-ortho nitro benzene ring substituents is 1. The normalized spacial score (nSPS) is 11.6. The smallest absolute Gasteiger partial charge is 0.314 e. The van der Waals surface area contributed by atoms with Crippen LogP contribution in [-0.2, 0) is 13.1 Å². The van der Waals surface area contributed by atoms with E-state index < -0.39 is 16.0 Å². The van der Waals surface area contributed by atoms with Crippen LogP contribution in [0.5, 0.6) is 0 Å². The predicted octanol–water partition coefficient (Wildman–Crippen LogP) is 3.08. The molecule has 9 heteroatoms. The van der Waals surface area contributed by atoms with E-state index in [9.17, 15) is 19.7 Å². The summed E-state index contributed by atoms with van der Waals surface area (Å²) >= 11 is 0. The fraction of sp³-hybridized carbons (Fsp3) is 0.227. The summed E-state index contributed by atoms with van der Waals surface area (Å²) in [6.07, 6.45) is 0. The van der Waals surface area contributed by atoms with Crippen molar-refractivity contribution in [2.75, 3.05) is 0 Å². The molecule has 0 atom stereocenters. The third kappa shape index (κ3) is 4.22. The summed E-state index contributed by atoms with van der Waals surface area (Å²) < 4.78 is 0. The van der Waals surface area contributed by atoms with Crippen LogP contribution >= 0.6 is 0 Å². The zero-order valence-corrected chi connectivity index (χ0v) is 17.1. The van der Waals surface area contributed by atoms with Gasteiger partial charge in [0.15, 0.2) is 0 Å². The number of H-pyrrole nitrogens is 2. The Balaban J connectivity index is 1.74. The number of pyridine rings is 1. The van der Waals surface area contributed by atoms with Crippen LogP contribution in [0.4, 0.5) is 5.69 Å². The number of fused-ring (bicyclic) bond motifs is 2. The van der Waals surface area contributed by atoms with Gasteiger partial charge in [-0.25, -0.2) is 0 Å². The molecule has 0 saturated carbocycles. The Bertz CT molecular complexity index is 1410. The molecule has 0 radical (unpaired) electrons. The van der Waals surface area contributed by atoms with Crippen LogP contribution in [-0.4, -0.2) is 30.8 Å². The number of nitrogens with one attached hydrogen (secondary N) is 2. The largest absolute Gasteiger partial charge is 0.316 e. The van der Waals surface area contributed by atoms with Crippen molar-refractivity contribution in [1.82, 2.24) is 19.9 Å². The van der Waals surface area contributed by atoms with Gasteiger partial charge in [-0.15, -0.1) is 0 Å². The van der Waals surface area contributed by atoms with Gasteiger partial charge in [0.05, 0.1) is 27.2 Å². The zero-order valence-electron chi connectivity index (χ0n) is 17.1. The van der Waals surface area contributed by atoms with E-state index in [1.54, 1.807) is 0 Å². The van der Waals surface area contributed by atoms with Crippen LogP contribution in [0.15, 0.2) is 58.1 Å². The van der Waals surface area contributed by atoms with Gasteiger partial charge in [-0.2, -0.15) is 0 Å². The maximum Gasteiger partial charge on any atom is 0.314 e. The molecule has 0 saturated heterocycles. The van der Waals surface area contributed by atoms with Gasteiger partial charge in [-0.3, -0.25) is 29.6 Å². The summed E-state index contributed by atoms with van der Waals surface area (Å²) in [7, 11) is 0. The molecule has 4 aromatic rings. The van der Waals surface area contributed by atoms with E-state index in [1.165, 1.54) is 12.1 Å². The Kier molecular flexibility index (Phi) is 5.35. The molecule has 2 heterocycles. The highest BCUT2D eigenvalue weighted by Gasteiger charge is 2.18. The van der Waals surface area contributed by atoms with Crippen LogP contribution < -0.4 is 11.1 Å². The highest BCUT2D eigenvalue weighted by molar-refractivity contribution is 5.80. The lowest BCUT2D eigenvalue weighted by Crippen LogP contribution is -2.32. The highest BCUT2D eigenvalue weighted by Crippen LogP contribution is 2.24. The third-order valence-corrected chi connectivity index (χ3v) is 5.23. The molecule has 0 spiro atoms. The van der Waals surface area contributed by atoms with E-state index in [4.69, 9.17) is 4.98 Å². The summed E-state index contributed by atoms with van der Waals surface area (Å²) in [4.78, 5) is 46.3. The molecule has 0 fully saturated rings. The van der Waals surface area contributed by atoms with Crippen molar-refractivity contribution in [1.29, 1.82) is 0 Å². The number of hydrogen-bond donors (Lipinski definition) is 2. The van der Waals surface area contributed by atoms with E-state index in [0.717, 1.165) is 16.6 Å². The fourth-order valence-corrected chi connectivity index (χ4v) is 3.56. The van der Waals surface area contributed by atoms with Crippen LogP contribution in [0.2, 0.25) is 0 Å². The SMILES string of the molecule is CC(C)N(Cc1ccc2ccccc2n1)Cc1cc([N+](=O)[O-])cc2[nH]c(=O)c(=O)[nH]c12. The van der Waals surface area contributed by atoms with Gasteiger partial charge in [-0.05, 0) is 31.5 Å². The van der Waals surface area contributed by atoms with Gasteiger partial charge >= 0.3 is 11.1 Å². The molecule has 4 rings (SSSR count). The number of aromatic amines is 2. The number of hydrogen-bond acceptors (Lipinski definition) is 6. The van der Waals surface area contributed by atoms with Crippen molar-refractivity contribution in [2.45, 2.75) is 33.0 Å². The minimum absolute atomic E-state index is 0.0945. The molecule has 0 unspecified atom stereocenters. The van der Waals surface area contributed by atoms with Crippen LogP contribution in [0, 0.1) is 10.1 Å². The second-order valence-corrected chi connectivity index (χ2v) is 7.69. The first-order valence-electron chi connectivity index (χ1n) is 9.84. The van der Waals surface area contributed by atoms with Crippen molar-refractivity contribution in [2.24, 2.45) is 0 Å². The molecule has 158 valence electrons. The zero-order chi connectivity index (χ0) is 22.1. The minimum Gasteiger partial charge on any atom is -0.316 e. The Morgan fingerprint density at radius 1 is 1.03 bits per heavy atom. The number of nitro benzene ring substituents is 1. The average molecular weight is 419 g/mol. The molecular weight excluding hydrogens is 398 g/mol. The number of rotatable bonds is 6. The summed E-state index contributed by atoms with van der Waals surface area (Å²) in [5, 5.41) is 12.5. The maximum atomic E-state index is 11.9. The Labute approximate surface area is 176 Å². The van der Waals surface area contributed by atoms with Gasteiger partial charge in [0, 0.05) is 36.7 Å². The minimum atomic E-state index is -0.847. The first-order chi connectivity index (χ1) is 14.8. The lowest BCUT2D eigenvalue weighted by Gasteiger charge is -2.26. The fourth-order valence-electron chi connectivity index (χ4n) is 3.56. The van der Waals surface area contributed by atoms with Crippen LogP contribution in [0.25, 0.3) is 21.9 Å². The number of para-hydroxylation sites is 1. The van der Waals surface area contributed by atoms with Gasteiger partial charge in [0.1, 0.15) is 0 Å². The van der Waals surface area contributed by atoms with Gasteiger partial charge < -0.3 is 9.97 Å². The number of aromatic nitrogens is 3. The average Bonchev–Trinajstić information content (AvgIpc) is 2.74. The maximum absolute atomic E-state index is 11.9. The topological polar surface area (TPSA) is 125 Å². The van der Waals surface area contributed by atoms with Crippen molar-refractivity contribution >= 4 is 27.6 Å². The van der Waals surface area contributed by atoms with Crippen molar-refractivity contribution in [3.63, 3.8) is 0 Å². The molecule has 0 aliphatic rings. The third-order valence-electron chi connectivity index (χ3n) is 5.23. The van der Waals surface area contributed by atoms with Crippen molar-refractivity contribution < 1.29 is 4.92 Å². The first kappa shape index (κ1) is 20.4. The molecule has 2 N–H and O–H groups in total. The second kappa shape index (κ2) is 8.11. The van der Waals surface area contributed by atoms with Crippen LogP contribution in [0.1, 0.15) is 25.1 Å². The quantitative estimate of drug-likeness (QED) is 0.281. The predicted molar refractivity (Wildman–Crippen MR) is 118 cm³/mol. The van der Waals surface area contributed by atoms with E-state index in [0.29, 0.717) is 24.2 Å². The standard InChI is InChI=1S/C22H21N5O4/c1-13(2)26(12-16-8-7-14-5-3-4-6-18(14)23-16)11-15-9-17(27(30)31)10-19-20(15)25-22(29)21(28)24-19/h3-10,13H,11-12H2,1-2H3,(H,24,28)(H,25,29). The molecule has 0 bridgehead atoms. The van der Waals surface area contributed by atoms with Crippen LogP contribution in [0.3, 0.4) is 0 Å². The molecular formula is C22H21N5O4. The summed E-state index contributed by atoms with van der Waals surface area (Å²) in [5.74, 6) is 0. The lowest BCUT2D eigenvalue weighted by molar-refractivity contribution is -0.384. The first-order valence-corrected chi connectivity index (χ1v) is 9.84. The Morgan fingerprint density at radius 3 is 2.52 bits per heavy atom. The molecule has 0 aliphatic carbocycles. The molecule has 0 aliphatic heterocycles. The van der Waals surface area contributed by atoms with Gasteiger partial charge in [0.25, 0.3) is 5.69 Å². The monoisotopic (exact) mass is 419 g/mol. The molecule has 31 heavy (non-hydrogen) atoms. The van der Waals surface area contributed by atoms with Gasteiger partial charge in [-0.1, -0.05) is 24.3 Å². The molecule has 2 aromatic carbocycles. The van der Waals surface area contributed by atoms with E-state index in [2.05, 4.69) is 14.9 Å². The van der Waals surface area contributed by atoms with E-state index >= 15 is 0 Å². The van der Waals surface area contributed by atoms with Gasteiger partial charge in [0.2, 0.25) is 0 Å². The Morgan fingerprint density at radius 2 is 1.77 bits per heavy atom. The molecule has 2 aromatic heterocycles. The van der Waals surface area contributed by atoms with E-state index in [1.807, 2.05) is 50.2 Å². The highest BCUT2D eigenvalue weighted by atomic mass is 16.6. The summed E-state index contributed by atoms with van der Waals surface area (Å²) in [5.41, 5.74) is 1.11. The molecule has 0 amide bonds. The molecule has 9 nitrogen and oxygen atoms in total. The van der Waals surface area contributed by atoms with Crippen molar-refractivity contribution in [3.8, 4) is 0 Å². The Hall–Kier alpha value is -3.85. The van der Waals surface area contributed by atoms with E-state index in [-0.39, 0.29) is 17.2 Å². The summed E-state index contributed by atoms with van der Waals surface area (Å²) in [6.45, 7) is 4.88. The lowest BCUT2D eigenvalue weighted by atomic mass is 10.1. The second-order valence-electron chi connectivity index (χ2n) is 7.69. The number of benzene rings is 2.